The third-order valence-corrected chi connectivity index (χ3v) is 6.27. The number of hydrogen-bond acceptors (Lipinski definition) is 4. The van der Waals surface area contributed by atoms with Crippen molar-refractivity contribution in [3.63, 3.8) is 0 Å². The van der Waals surface area contributed by atoms with Crippen LogP contribution in [-0.2, 0) is 23.1 Å². The number of nitrogens with one attached hydrogen (secondary N) is 1. The molecular formula is C21H27N3O3S. The first kappa shape index (κ1) is 20.5. The van der Waals surface area contributed by atoms with Gasteiger partial charge in [0.1, 0.15) is 0 Å². The molecule has 6 nitrogen and oxygen atoms in total. The minimum Gasteiger partial charge on any atom is -0.348 e. The Labute approximate surface area is 167 Å². The predicted octanol–water partition coefficient (Wildman–Crippen LogP) is 2.00. The molecule has 150 valence electrons. The fourth-order valence-corrected chi connectivity index (χ4v) is 4.11. The van der Waals surface area contributed by atoms with Gasteiger partial charge in [-0.15, -0.1) is 0 Å². The molecule has 28 heavy (non-hydrogen) atoms. The van der Waals surface area contributed by atoms with E-state index >= 15 is 0 Å². The van der Waals surface area contributed by atoms with Crippen molar-refractivity contribution < 1.29 is 13.2 Å². The van der Waals surface area contributed by atoms with Gasteiger partial charge in [0.25, 0.3) is 5.91 Å². The third kappa shape index (κ3) is 5.64. The second kappa shape index (κ2) is 8.86. The lowest BCUT2D eigenvalue weighted by Gasteiger charge is -2.33. The summed E-state index contributed by atoms with van der Waals surface area (Å²) in [5.74, 6) is -0.0932. The zero-order valence-corrected chi connectivity index (χ0v) is 17.2. The van der Waals surface area contributed by atoms with Gasteiger partial charge in [-0.05, 0) is 30.2 Å². The van der Waals surface area contributed by atoms with Gasteiger partial charge in [-0.25, -0.2) is 8.42 Å². The van der Waals surface area contributed by atoms with Crippen LogP contribution in [0.4, 0.5) is 0 Å². The van der Waals surface area contributed by atoms with E-state index in [1.807, 2.05) is 55.5 Å². The molecule has 0 atom stereocenters. The Morgan fingerprint density at radius 1 is 1.00 bits per heavy atom. The minimum atomic E-state index is -3.12. The number of piperazine rings is 1. The fraction of sp³-hybridized carbons (Fsp3) is 0.381. The van der Waals surface area contributed by atoms with Crippen molar-refractivity contribution in [1.29, 1.82) is 0 Å². The summed E-state index contributed by atoms with van der Waals surface area (Å²) in [5.41, 5.74) is 3.95. The number of benzene rings is 2. The summed E-state index contributed by atoms with van der Waals surface area (Å²) >= 11 is 0. The first-order valence-electron chi connectivity index (χ1n) is 9.41. The van der Waals surface area contributed by atoms with E-state index in [1.54, 1.807) is 0 Å². The smallest absolute Gasteiger partial charge is 0.251 e. The second-order valence-corrected chi connectivity index (χ2v) is 9.29. The predicted molar refractivity (Wildman–Crippen MR) is 110 cm³/mol. The van der Waals surface area contributed by atoms with Crippen LogP contribution in [0, 0.1) is 6.92 Å². The number of sulfonamides is 1. The van der Waals surface area contributed by atoms with E-state index in [1.165, 1.54) is 16.1 Å². The van der Waals surface area contributed by atoms with Gasteiger partial charge in [0.2, 0.25) is 10.0 Å². The van der Waals surface area contributed by atoms with E-state index in [2.05, 4.69) is 10.2 Å². The normalized spacial score (nSPS) is 16.1. The average molecular weight is 402 g/mol. The third-order valence-electron chi connectivity index (χ3n) is 4.97. The molecule has 1 saturated heterocycles. The molecular weight excluding hydrogens is 374 g/mol. The van der Waals surface area contributed by atoms with E-state index < -0.39 is 10.0 Å². The maximum absolute atomic E-state index is 12.5. The van der Waals surface area contributed by atoms with Gasteiger partial charge >= 0.3 is 0 Å². The van der Waals surface area contributed by atoms with Crippen LogP contribution in [0.15, 0.2) is 48.5 Å². The van der Waals surface area contributed by atoms with E-state index in [0.29, 0.717) is 44.8 Å². The quantitative estimate of drug-likeness (QED) is 0.804. The van der Waals surface area contributed by atoms with Crippen LogP contribution >= 0.6 is 0 Å². The standard InChI is InChI=1S/C21H27N3O3S/c1-17-6-8-18(9-7-17)15-22-21(25)20-5-3-4-19(14-20)16-23-10-12-24(13-11-23)28(2,26)27/h3-9,14H,10-13,15-16H2,1-2H3,(H,22,25). The summed E-state index contributed by atoms with van der Waals surface area (Å²) in [5, 5.41) is 2.96. The molecule has 0 aliphatic carbocycles. The van der Waals surface area contributed by atoms with Crippen LogP contribution in [0.1, 0.15) is 27.0 Å². The number of amides is 1. The van der Waals surface area contributed by atoms with Gasteiger partial charge in [0.15, 0.2) is 0 Å². The lowest BCUT2D eigenvalue weighted by Crippen LogP contribution is -2.47. The molecule has 2 aromatic rings. The van der Waals surface area contributed by atoms with Gasteiger partial charge in [-0.2, -0.15) is 4.31 Å². The van der Waals surface area contributed by atoms with Crippen LogP contribution in [0.3, 0.4) is 0 Å². The zero-order valence-electron chi connectivity index (χ0n) is 16.4. The highest BCUT2D eigenvalue weighted by molar-refractivity contribution is 7.88. The molecule has 0 unspecified atom stereocenters. The molecule has 0 aromatic heterocycles. The van der Waals surface area contributed by atoms with Crippen molar-refractivity contribution in [2.24, 2.45) is 0 Å². The highest BCUT2D eigenvalue weighted by Gasteiger charge is 2.23. The van der Waals surface area contributed by atoms with Crippen LogP contribution in [0.2, 0.25) is 0 Å². The number of nitrogens with zero attached hydrogens (tertiary/aromatic N) is 2. The average Bonchev–Trinajstić information content (AvgIpc) is 2.67. The zero-order chi connectivity index (χ0) is 20.1. The maximum Gasteiger partial charge on any atom is 0.251 e. The topological polar surface area (TPSA) is 69.7 Å². The maximum atomic E-state index is 12.5. The monoisotopic (exact) mass is 401 g/mol. The molecule has 0 radical (unpaired) electrons. The van der Waals surface area contributed by atoms with Crippen molar-refractivity contribution in [3.8, 4) is 0 Å². The Kier molecular flexibility index (Phi) is 6.49. The summed E-state index contributed by atoms with van der Waals surface area (Å²) in [6.07, 6.45) is 1.25. The number of aryl methyl sites for hydroxylation is 1. The lowest BCUT2D eigenvalue weighted by atomic mass is 10.1. The molecule has 2 aromatic carbocycles. The van der Waals surface area contributed by atoms with Crippen molar-refractivity contribution in [3.05, 3.63) is 70.8 Å². The molecule has 1 fully saturated rings. The minimum absolute atomic E-state index is 0.0932. The van der Waals surface area contributed by atoms with Crippen molar-refractivity contribution in [2.75, 3.05) is 32.4 Å². The molecule has 1 N–H and O–H groups in total. The van der Waals surface area contributed by atoms with Crippen molar-refractivity contribution in [2.45, 2.75) is 20.0 Å². The lowest BCUT2D eigenvalue weighted by molar-refractivity contribution is 0.0950. The molecule has 1 aliphatic heterocycles. The summed E-state index contributed by atoms with van der Waals surface area (Å²) in [6.45, 7) is 5.64. The molecule has 1 amide bonds. The highest BCUT2D eigenvalue weighted by atomic mass is 32.2. The Bertz CT molecular complexity index is 918. The summed E-state index contributed by atoms with van der Waals surface area (Å²) in [4.78, 5) is 14.7. The van der Waals surface area contributed by atoms with Gasteiger partial charge in [0, 0.05) is 44.8 Å². The highest BCUT2D eigenvalue weighted by Crippen LogP contribution is 2.13. The summed E-state index contributed by atoms with van der Waals surface area (Å²) in [7, 11) is -3.12. The molecule has 0 bridgehead atoms. The Hall–Kier alpha value is -2.22. The van der Waals surface area contributed by atoms with Crippen LogP contribution < -0.4 is 5.32 Å². The molecule has 0 spiro atoms. The first-order chi connectivity index (χ1) is 13.3. The summed E-state index contributed by atoms with van der Waals surface area (Å²) in [6, 6.07) is 15.7. The molecule has 1 heterocycles. The molecule has 0 saturated carbocycles. The van der Waals surface area contributed by atoms with Gasteiger partial charge in [0.05, 0.1) is 6.26 Å². The second-order valence-electron chi connectivity index (χ2n) is 7.31. The Morgan fingerprint density at radius 3 is 2.32 bits per heavy atom. The number of carbonyl (C=O) groups excluding carboxylic acids is 1. The molecule has 3 rings (SSSR count). The van der Waals surface area contributed by atoms with Crippen molar-refractivity contribution >= 4 is 15.9 Å². The number of rotatable bonds is 6. The molecule has 7 heteroatoms. The van der Waals surface area contributed by atoms with E-state index in [9.17, 15) is 13.2 Å². The van der Waals surface area contributed by atoms with Crippen LogP contribution in [0.25, 0.3) is 0 Å². The molecule has 1 aliphatic rings. The number of carbonyl (C=O) groups is 1. The SMILES string of the molecule is Cc1ccc(CNC(=O)c2cccc(CN3CCN(S(C)(=O)=O)CC3)c2)cc1. The Morgan fingerprint density at radius 2 is 1.68 bits per heavy atom. The fourth-order valence-electron chi connectivity index (χ4n) is 3.28. The first-order valence-corrected chi connectivity index (χ1v) is 11.3. The van der Waals surface area contributed by atoms with Gasteiger partial charge in [-0.1, -0.05) is 42.0 Å². The van der Waals surface area contributed by atoms with E-state index in [4.69, 9.17) is 0 Å². The Balaban J connectivity index is 1.55. The largest absolute Gasteiger partial charge is 0.348 e. The van der Waals surface area contributed by atoms with E-state index in [0.717, 1.165) is 11.1 Å². The van der Waals surface area contributed by atoms with E-state index in [-0.39, 0.29) is 5.91 Å². The van der Waals surface area contributed by atoms with Crippen LogP contribution in [-0.4, -0.2) is 56.0 Å². The van der Waals surface area contributed by atoms with Crippen LogP contribution in [0.5, 0.6) is 0 Å². The van der Waals surface area contributed by atoms with Gasteiger partial charge < -0.3 is 5.32 Å². The summed E-state index contributed by atoms with van der Waals surface area (Å²) < 4.78 is 24.7. The number of hydrogen-bond donors (Lipinski definition) is 1. The van der Waals surface area contributed by atoms with Gasteiger partial charge in [-0.3, -0.25) is 9.69 Å². The van der Waals surface area contributed by atoms with Crippen molar-refractivity contribution in [1.82, 2.24) is 14.5 Å².